The van der Waals surface area contributed by atoms with Crippen molar-refractivity contribution >= 4 is 33.7 Å². The van der Waals surface area contributed by atoms with E-state index in [0.29, 0.717) is 22.9 Å². The Hall–Kier alpha value is -4.06. The van der Waals surface area contributed by atoms with Gasteiger partial charge in [0.25, 0.3) is 5.91 Å². The van der Waals surface area contributed by atoms with Gasteiger partial charge in [-0.15, -0.1) is 0 Å². The summed E-state index contributed by atoms with van der Waals surface area (Å²) in [5.41, 5.74) is 5.70. The summed E-state index contributed by atoms with van der Waals surface area (Å²) in [6.45, 7) is 4.08. The Morgan fingerprint density at radius 3 is 2.55 bits per heavy atom. The molecule has 0 aliphatic rings. The summed E-state index contributed by atoms with van der Waals surface area (Å²) in [6, 6.07) is 18.6. The number of ether oxygens (including phenoxy) is 1. The van der Waals surface area contributed by atoms with E-state index in [0.717, 1.165) is 33.2 Å². The maximum absolute atomic E-state index is 12.8. The number of hydrogen-bond acceptors (Lipinski definition) is 5. The van der Waals surface area contributed by atoms with Crippen LogP contribution in [0.5, 0.6) is 5.75 Å². The van der Waals surface area contributed by atoms with Crippen LogP contribution in [0.25, 0.3) is 33.5 Å². The zero-order valence-corrected chi connectivity index (χ0v) is 17.4. The first-order valence-corrected chi connectivity index (χ1v) is 9.88. The van der Waals surface area contributed by atoms with E-state index in [1.807, 2.05) is 56.3 Å². The number of para-hydroxylation sites is 1. The van der Waals surface area contributed by atoms with E-state index in [1.165, 1.54) is 0 Å². The van der Waals surface area contributed by atoms with E-state index >= 15 is 0 Å². The highest BCUT2D eigenvalue weighted by Gasteiger charge is 2.17. The molecule has 1 amide bonds. The van der Waals surface area contributed by atoms with Crippen molar-refractivity contribution in [1.29, 1.82) is 0 Å². The summed E-state index contributed by atoms with van der Waals surface area (Å²) in [6.07, 6.45) is 0. The van der Waals surface area contributed by atoms with Crippen LogP contribution >= 0.6 is 0 Å². The SMILES string of the molecule is COc1ccc(-c2nc3cc(C)c(C)cc3o2)cc1NC(=O)c1cc2ccccc2o1. The van der Waals surface area contributed by atoms with Crippen molar-refractivity contribution in [1.82, 2.24) is 4.98 Å². The molecule has 0 bridgehead atoms. The zero-order chi connectivity index (χ0) is 21.5. The molecule has 0 spiro atoms. The van der Waals surface area contributed by atoms with Crippen LogP contribution < -0.4 is 10.1 Å². The topological polar surface area (TPSA) is 77.5 Å². The Morgan fingerprint density at radius 2 is 1.74 bits per heavy atom. The van der Waals surface area contributed by atoms with Crippen molar-refractivity contribution in [2.24, 2.45) is 0 Å². The Morgan fingerprint density at radius 1 is 0.935 bits per heavy atom. The highest BCUT2D eigenvalue weighted by molar-refractivity contribution is 6.05. The van der Waals surface area contributed by atoms with E-state index in [2.05, 4.69) is 10.3 Å². The van der Waals surface area contributed by atoms with Crippen LogP contribution in [-0.4, -0.2) is 18.0 Å². The maximum Gasteiger partial charge on any atom is 0.291 e. The number of carbonyl (C=O) groups is 1. The first kappa shape index (κ1) is 18.9. The minimum absolute atomic E-state index is 0.224. The average molecular weight is 412 g/mol. The molecule has 6 heteroatoms. The Bertz CT molecular complexity index is 1370. The number of aryl methyl sites for hydroxylation is 2. The zero-order valence-electron chi connectivity index (χ0n) is 17.4. The van der Waals surface area contributed by atoms with Gasteiger partial charge in [-0.3, -0.25) is 4.79 Å². The molecule has 5 aromatic rings. The Kier molecular flexibility index (Phi) is 4.47. The molecule has 5 rings (SSSR count). The van der Waals surface area contributed by atoms with Crippen molar-refractivity contribution in [3.63, 3.8) is 0 Å². The van der Waals surface area contributed by atoms with Gasteiger partial charge >= 0.3 is 0 Å². The number of furan rings is 1. The summed E-state index contributed by atoms with van der Waals surface area (Å²) >= 11 is 0. The number of hydrogen-bond donors (Lipinski definition) is 1. The predicted octanol–water partition coefficient (Wildman–Crippen LogP) is 6.12. The molecule has 0 aliphatic heterocycles. The molecule has 0 aliphatic carbocycles. The molecule has 0 fully saturated rings. The summed E-state index contributed by atoms with van der Waals surface area (Å²) in [7, 11) is 1.55. The molecule has 0 atom stereocenters. The standard InChI is InChI=1S/C25H20N2O4/c1-14-10-18-22(11-15(14)2)31-25(27-18)17-8-9-21(29-3)19(12-17)26-24(28)23-13-16-6-4-5-7-20(16)30-23/h4-13H,1-3H3,(H,26,28). The largest absolute Gasteiger partial charge is 0.495 e. The average Bonchev–Trinajstić information content (AvgIpc) is 3.38. The minimum atomic E-state index is -0.365. The summed E-state index contributed by atoms with van der Waals surface area (Å²) in [5, 5.41) is 3.74. The van der Waals surface area contributed by atoms with Gasteiger partial charge in [0.15, 0.2) is 11.3 Å². The first-order chi connectivity index (χ1) is 15.0. The van der Waals surface area contributed by atoms with Gasteiger partial charge < -0.3 is 18.9 Å². The van der Waals surface area contributed by atoms with E-state index in [4.69, 9.17) is 13.6 Å². The predicted molar refractivity (Wildman–Crippen MR) is 120 cm³/mol. The molecule has 0 saturated carbocycles. The molecule has 31 heavy (non-hydrogen) atoms. The molecule has 0 unspecified atom stereocenters. The number of aromatic nitrogens is 1. The monoisotopic (exact) mass is 412 g/mol. The Balaban J connectivity index is 1.50. The van der Waals surface area contributed by atoms with Gasteiger partial charge in [-0.2, -0.15) is 0 Å². The lowest BCUT2D eigenvalue weighted by Gasteiger charge is -2.10. The number of anilines is 1. The molecule has 6 nitrogen and oxygen atoms in total. The molecule has 1 N–H and O–H groups in total. The molecular weight excluding hydrogens is 392 g/mol. The summed E-state index contributed by atoms with van der Waals surface area (Å²) in [4.78, 5) is 17.4. The number of methoxy groups -OCH3 is 1. The second kappa shape index (κ2) is 7.32. The van der Waals surface area contributed by atoms with Crippen LogP contribution in [0.1, 0.15) is 21.7 Å². The number of benzene rings is 3. The van der Waals surface area contributed by atoms with Gasteiger partial charge in [0.2, 0.25) is 5.89 Å². The fourth-order valence-electron chi connectivity index (χ4n) is 3.52. The lowest BCUT2D eigenvalue weighted by atomic mass is 10.1. The third kappa shape index (κ3) is 3.42. The van der Waals surface area contributed by atoms with Crippen molar-refractivity contribution in [3.8, 4) is 17.2 Å². The van der Waals surface area contributed by atoms with Crippen molar-refractivity contribution in [3.05, 3.63) is 77.6 Å². The fraction of sp³-hybridized carbons (Fsp3) is 0.120. The third-order valence-corrected chi connectivity index (χ3v) is 5.35. The van der Waals surface area contributed by atoms with Crippen molar-refractivity contribution < 1.29 is 18.4 Å². The van der Waals surface area contributed by atoms with Gasteiger partial charge in [-0.05, 0) is 67.4 Å². The van der Waals surface area contributed by atoms with Crippen LogP contribution in [0, 0.1) is 13.8 Å². The molecule has 154 valence electrons. The first-order valence-electron chi connectivity index (χ1n) is 9.88. The number of oxazole rings is 1. The van der Waals surface area contributed by atoms with E-state index in [-0.39, 0.29) is 11.7 Å². The highest BCUT2D eigenvalue weighted by atomic mass is 16.5. The number of rotatable bonds is 4. The van der Waals surface area contributed by atoms with Crippen molar-refractivity contribution in [2.45, 2.75) is 13.8 Å². The Labute approximate surface area is 178 Å². The summed E-state index contributed by atoms with van der Waals surface area (Å²) < 4.78 is 17.1. The van der Waals surface area contributed by atoms with Gasteiger partial charge in [0.1, 0.15) is 16.8 Å². The van der Waals surface area contributed by atoms with Crippen LogP contribution in [-0.2, 0) is 0 Å². The lowest BCUT2D eigenvalue weighted by Crippen LogP contribution is -2.11. The van der Waals surface area contributed by atoms with Crippen LogP contribution in [0.2, 0.25) is 0 Å². The quantitative estimate of drug-likeness (QED) is 0.385. The van der Waals surface area contributed by atoms with Crippen LogP contribution in [0.3, 0.4) is 0 Å². The van der Waals surface area contributed by atoms with Gasteiger partial charge in [-0.1, -0.05) is 18.2 Å². The fourth-order valence-corrected chi connectivity index (χ4v) is 3.52. The molecule has 2 heterocycles. The minimum Gasteiger partial charge on any atom is -0.495 e. The molecule has 3 aromatic carbocycles. The second-order valence-electron chi connectivity index (χ2n) is 7.44. The molecule has 2 aromatic heterocycles. The van der Waals surface area contributed by atoms with Gasteiger partial charge in [-0.25, -0.2) is 4.98 Å². The van der Waals surface area contributed by atoms with Crippen LogP contribution in [0.15, 0.2) is 69.5 Å². The van der Waals surface area contributed by atoms with E-state index in [9.17, 15) is 4.79 Å². The van der Waals surface area contributed by atoms with Crippen molar-refractivity contribution in [2.75, 3.05) is 12.4 Å². The van der Waals surface area contributed by atoms with E-state index in [1.54, 1.807) is 25.3 Å². The van der Waals surface area contributed by atoms with Gasteiger partial charge in [0.05, 0.1) is 12.8 Å². The third-order valence-electron chi connectivity index (χ3n) is 5.35. The summed E-state index contributed by atoms with van der Waals surface area (Å²) in [5.74, 6) is 0.856. The second-order valence-corrected chi connectivity index (χ2v) is 7.44. The number of nitrogens with zero attached hydrogens (tertiary/aromatic N) is 1. The van der Waals surface area contributed by atoms with Crippen LogP contribution in [0.4, 0.5) is 5.69 Å². The van der Waals surface area contributed by atoms with Gasteiger partial charge in [0, 0.05) is 10.9 Å². The number of carbonyl (C=O) groups excluding carboxylic acids is 1. The maximum atomic E-state index is 12.8. The van der Waals surface area contributed by atoms with E-state index < -0.39 is 0 Å². The lowest BCUT2D eigenvalue weighted by molar-refractivity contribution is 0.0998. The highest BCUT2D eigenvalue weighted by Crippen LogP contribution is 2.33. The molecule has 0 radical (unpaired) electrons. The smallest absolute Gasteiger partial charge is 0.291 e. The number of fused-ring (bicyclic) bond motifs is 2. The number of amides is 1. The molecule has 0 saturated heterocycles. The molecular formula is C25H20N2O4. The number of nitrogens with one attached hydrogen (secondary N) is 1. The normalized spacial score (nSPS) is 11.2.